The number of halogens is 2. The predicted molar refractivity (Wildman–Crippen MR) is 102 cm³/mol. The molecule has 2 fully saturated rings. The lowest BCUT2D eigenvalue weighted by molar-refractivity contribution is -0.0197. The van der Waals surface area contributed by atoms with E-state index in [1.54, 1.807) is 19.3 Å². The van der Waals surface area contributed by atoms with E-state index in [2.05, 4.69) is 37.0 Å². The number of fused-ring (bicyclic) bond motifs is 2. The number of hydrogen-bond donors (Lipinski definition) is 1. The second-order valence-electron chi connectivity index (χ2n) is 6.57. The molecule has 8 nitrogen and oxygen atoms in total. The fourth-order valence-electron chi connectivity index (χ4n) is 3.65. The third-order valence-electron chi connectivity index (χ3n) is 5.02. The van der Waals surface area contributed by atoms with E-state index in [0.717, 1.165) is 18.9 Å². The van der Waals surface area contributed by atoms with Gasteiger partial charge in [0.1, 0.15) is 17.2 Å². The summed E-state index contributed by atoms with van der Waals surface area (Å²) in [4.78, 5) is 14.9. The molecule has 2 aromatic heterocycles. The van der Waals surface area contributed by atoms with Crippen LogP contribution in [-0.4, -0.2) is 77.5 Å². The smallest absolute Gasteiger partial charge is 0.282 e. The molecule has 0 aliphatic carbocycles. The Bertz CT molecular complexity index is 939. The summed E-state index contributed by atoms with van der Waals surface area (Å²) in [7, 11) is 1.71. The van der Waals surface area contributed by atoms with Crippen molar-refractivity contribution < 1.29 is 13.5 Å². The van der Waals surface area contributed by atoms with Crippen molar-refractivity contribution in [1.82, 2.24) is 24.8 Å². The minimum atomic E-state index is -2.67. The zero-order chi connectivity index (χ0) is 19.7. The zero-order valence-corrected chi connectivity index (χ0v) is 15.4. The number of ether oxygens (including phenoxy) is 1. The Morgan fingerprint density at radius 3 is 3.04 bits per heavy atom. The number of amidine groups is 1. The molecule has 2 aliphatic heterocycles. The van der Waals surface area contributed by atoms with Crippen LogP contribution in [0.1, 0.15) is 17.8 Å². The van der Waals surface area contributed by atoms with Crippen LogP contribution >= 0.6 is 0 Å². The molecule has 2 aliphatic rings. The molecule has 0 spiro atoms. The number of aliphatic imine (C=N–C) groups is 2. The Morgan fingerprint density at radius 1 is 1.43 bits per heavy atom. The molecule has 28 heavy (non-hydrogen) atoms. The summed E-state index contributed by atoms with van der Waals surface area (Å²) in [5.41, 5.74) is 1.06. The number of nitrogens with zero attached hydrogens (tertiary/aromatic N) is 6. The van der Waals surface area contributed by atoms with E-state index in [4.69, 9.17) is 4.74 Å². The summed E-state index contributed by atoms with van der Waals surface area (Å²) in [6, 6.07) is 2.95. The molecule has 10 heteroatoms. The summed E-state index contributed by atoms with van der Waals surface area (Å²) >= 11 is 0. The molecule has 148 valence electrons. The van der Waals surface area contributed by atoms with Gasteiger partial charge in [-0.3, -0.25) is 9.98 Å². The van der Waals surface area contributed by atoms with E-state index < -0.39 is 6.43 Å². The highest BCUT2D eigenvalue weighted by atomic mass is 19.3. The fourth-order valence-corrected chi connectivity index (χ4v) is 3.65. The molecular weight excluding hydrogens is 368 g/mol. The van der Waals surface area contributed by atoms with Crippen LogP contribution in [0.4, 0.5) is 8.78 Å². The second-order valence-corrected chi connectivity index (χ2v) is 6.57. The van der Waals surface area contributed by atoms with E-state index >= 15 is 0 Å². The Morgan fingerprint density at radius 2 is 2.29 bits per heavy atom. The Balaban J connectivity index is 1.71. The van der Waals surface area contributed by atoms with Gasteiger partial charge in [-0.1, -0.05) is 0 Å². The third-order valence-corrected chi connectivity index (χ3v) is 5.02. The van der Waals surface area contributed by atoms with Crippen LogP contribution in [0.25, 0.3) is 11.3 Å². The van der Waals surface area contributed by atoms with Crippen molar-refractivity contribution in [1.29, 1.82) is 0 Å². The molecule has 0 radical (unpaired) electrons. The van der Waals surface area contributed by atoms with Gasteiger partial charge < -0.3 is 15.0 Å². The van der Waals surface area contributed by atoms with Crippen LogP contribution in [0.5, 0.6) is 0 Å². The van der Waals surface area contributed by atoms with Crippen LogP contribution in [-0.2, 0) is 4.74 Å². The Labute approximate surface area is 160 Å². The van der Waals surface area contributed by atoms with E-state index in [0.29, 0.717) is 30.2 Å². The largest absolute Gasteiger partial charge is 0.373 e. The lowest BCUT2D eigenvalue weighted by atomic mass is 10.1. The monoisotopic (exact) mass is 389 g/mol. The van der Waals surface area contributed by atoms with Crippen LogP contribution in [0.2, 0.25) is 0 Å². The van der Waals surface area contributed by atoms with Crippen molar-refractivity contribution in [2.75, 3.05) is 33.3 Å². The highest BCUT2D eigenvalue weighted by Crippen LogP contribution is 2.23. The van der Waals surface area contributed by atoms with Gasteiger partial charge in [-0.2, -0.15) is 5.10 Å². The van der Waals surface area contributed by atoms with Crippen molar-refractivity contribution in [3.8, 4) is 0 Å². The Hall–Kier alpha value is -2.72. The van der Waals surface area contributed by atoms with Crippen molar-refractivity contribution >= 4 is 23.9 Å². The topological polar surface area (TPSA) is 79.4 Å². The van der Waals surface area contributed by atoms with E-state index in [-0.39, 0.29) is 17.8 Å². The number of alkyl halides is 2. The van der Waals surface area contributed by atoms with Crippen molar-refractivity contribution in [3.05, 3.63) is 35.8 Å². The van der Waals surface area contributed by atoms with Crippen LogP contribution in [0, 0.1) is 0 Å². The van der Waals surface area contributed by atoms with Gasteiger partial charge in [-0.25, -0.2) is 18.3 Å². The van der Waals surface area contributed by atoms with Crippen LogP contribution in [0.3, 0.4) is 0 Å². The average Bonchev–Trinajstić information content (AvgIpc) is 3.35. The molecule has 2 atom stereocenters. The quantitative estimate of drug-likeness (QED) is 0.632. The molecule has 0 aromatic carbocycles. The molecule has 2 unspecified atom stereocenters. The number of hydrogen-bond acceptors (Lipinski definition) is 6. The Kier molecular flexibility index (Phi) is 5.14. The standard InChI is InChI=1S/C18H21F2N7O/c1-21-12(13-9-24-16-4-3-11(18(19)20)25-27(13)16)7-17(22-2)26-5-6-28-15-10-23-8-14(15)26/h3-4,7,9,14-15,18,23H,1,5-6,8,10H2,2H3/b12-7-,22-17?. The van der Waals surface area contributed by atoms with Gasteiger partial charge in [0.25, 0.3) is 6.43 Å². The fraction of sp³-hybridized carbons (Fsp3) is 0.444. The summed E-state index contributed by atoms with van der Waals surface area (Å²) in [5.74, 6) is 0.726. The van der Waals surface area contributed by atoms with Gasteiger partial charge in [0.2, 0.25) is 0 Å². The second kappa shape index (κ2) is 7.72. The molecule has 2 aromatic rings. The highest BCUT2D eigenvalue weighted by Gasteiger charge is 2.37. The van der Waals surface area contributed by atoms with Gasteiger partial charge >= 0.3 is 0 Å². The zero-order valence-electron chi connectivity index (χ0n) is 15.4. The maximum Gasteiger partial charge on any atom is 0.282 e. The number of nitrogens with one attached hydrogen (secondary N) is 1. The average molecular weight is 389 g/mol. The molecule has 2 saturated heterocycles. The first-order valence-electron chi connectivity index (χ1n) is 8.99. The van der Waals surface area contributed by atoms with Gasteiger partial charge in [0, 0.05) is 32.8 Å². The van der Waals surface area contributed by atoms with Crippen molar-refractivity contribution in [2.24, 2.45) is 9.98 Å². The highest BCUT2D eigenvalue weighted by molar-refractivity contribution is 5.99. The first-order valence-corrected chi connectivity index (χ1v) is 8.99. The minimum Gasteiger partial charge on any atom is -0.373 e. The molecule has 0 saturated carbocycles. The summed E-state index contributed by atoms with van der Waals surface area (Å²) in [6.45, 7) is 6.57. The number of aromatic nitrogens is 3. The maximum atomic E-state index is 13.1. The lowest BCUT2D eigenvalue weighted by Crippen LogP contribution is -2.52. The molecule has 1 N–H and O–H groups in total. The first kappa shape index (κ1) is 18.6. The summed E-state index contributed by atoms with van der Waals surface area (Å²) in [5, 5.41) is 7.33. The molecule has 4 rings (SSSR count). The normalized spacial score (nSPS) is 23.5. The van der Waals surface area contributed by atoms with Crippen molar-refractivity contribution in [3.63, 3.8) is 0 Å². The number of rotatable bonds is 4. The first-order chi connectivity index (χ1) is 13.6. The predicted octanol–water partition coefficient (Wildman–Crippen LogP) is 1.41. The van der Waals surface area contributed by atoms with Gasteiger partial charge in [0.15, 0.2) is 5.65 Å². The molecule has 0 bridgehead atoms. The lowest BCUT2D eigenvalue weighted by Gasteiger charge is -2.38. The minimum absolute atomic E-state index is 0.116. The molecule has 4 heterocycles. The van der Waals surface area contributed by atoms with Gasteiger partial charge in [-0.15, -0.1) is 0 Å². The summed E-state index contributed by atoms with van der Waals surface area (Å²) < 4.78 is 33.3. The van der Waals surface area contributed by atoms with E-state index in [9.17, 15) is 8.78 Å². The number of morpholine rings is 1. The van der Waals surface area contributed by atoms with E-state index in [1.165, 1.54) is 16.6 Å². The van der Waals surface area contributed by atoms with Gasteiger partial charge in [0.05, 0.1) is 30.6 Å². The van der Waals surface area contributed by atoms with E-state index in [1.807, 2.05) is 0 Å². The van der Waals surface area contributed by atoms with Crippen LogP contribution < -0.4 is 5.32 Å². The SMILES string of the molecule is C=N/C(=C\C(=NC)N1CCOC2CNCC21)c1cnc2ccc(C(F)F)nn12. The van der Waals surface area contributed by atoms with Crippen LogP contribution in [0.15, 0.2) is 34.4 Å². The number of imidazole rings is 1. The van der Waals surface area contributed by atoms with Crippen molar-refractivity contribution in [2.45, 2.75) is 18.6 Å². The molecule has 0 amide bonds. The maximum absolute atomic E-state index is 13.1. The summed E-state index contributed by atoms with van der Waals surface area (Å²) in [6.07, 6.45) is 0.778. The molecular formula is C18H21F2N7O. The van der Waals surface area contributed by atoms with Gasteiger partial charge in [-0.05, 0) is 18.9 Å². The third kappa shape index (κ3) is 3.29.